The molecule has 1 heterocycles. The van der Waals surface area contributed by atoms with E-state index in [2.05, 4.69) is 20.9 Å². The lowest BCUT2D eigenvalue weighted by Gasteiger charge is -2.12. The minimum Gasteiger partial charge on any atom is -0.388 e. The summed E-state index contributed by atoms with van der Waals surface area (Å²) in [7, 11) is 0. The fourth-order valence-corrected chi connectivity index (χ4v) is 2.85. The number of benzene rings is 1. The molecule has 2 aromatic rings. The molecule has 1 aromatic heterocycles. The van der Waals surface area contributed by atoms with Gasteiger partial charge in [0.2, 0.25) is 0 Å². The Labute approximate surface area is 115 Å². The summed E-state index contributed by atoms with van der Waals surface area (Å²) < 4.78 is 27.5. The van der Waals surface area contributed by atoms with Crippen LogP contribution >= 0.6 is 27.3 Å². The van der Waals surface area contributed by atoms with Crippen molar-refractivity contribution in [1.29, 1.82) is 0 Å². The molecule has 1 atom stereocenters. The maximum absolute atomic E-state index is 13.6. The first-order chi connectivity index (χ1) is 8.47. The van der Waals surface area contributed by atoms with Gasteiger partial charge in [-0.1, -0.05) is 15.9 Å². The van der Waals surface area contributed by atoms with Crippen LogP contribution in [-0.2, 0) is 6.42 Å². The number of aryl methyl sites for hydroxylation is 1. The molecule has 2 nitrogen and oxygen atoms in total. The largest absolute Gasteiger partial charge is 0.388 e. The van der Waals surface area contributed by atoms with E-state index in [1.165, 1.54) is 11.3 Å². The van der Waals surface area contributed by atoms with Gasteiger partial charge in [-0.15, -0.1) is 11.3 Å². The van der Waals surface area contributed by atoms with Crippen molar-refractivity contribution >= 4 is 27.3 Å². The van der Waals surface area contributed by atoms with Crippen molar-refractivity contribution in [3.05, 3.63) is 49.9 Å². The van der Waals surface area contributed by atoms with Crippen molar-refractivity contribution in [3.8, 4) is 0 Å². The molecule has 2 rings (SSSR count). The molecule has 96 valence electrons. The molecule has 0 aliphatic carbocycles. The fraction of sp³-hybridized carbons (Fsp3) is 0.250. The minimum absolute atomic E-state index is 0.105. The lowest BCUT2D eigenvalue weighted by molar-refractivity contribution is 0.168. The van der Waals surface area contributed by atoms with E-state index in [1.54, 1.807) is 0 Å². The molecule has 1 unspecified atom stereocenters. The summed E-state index contributed by atoms with van der Waals surface area (Å²) in [5.41, 5.74) is 0.519. The van der Waals surface area contributed by atoms with Gasteiger partial charge in [-0.2, -0.15) is 0 Å². The molecular formula is C12H10BrF2NOS. The Kier molecular flexibility index (Phi) is 4.09. The zero-order valence-corrected chi connectivity index (χ0v) is 11.9. The van der Waals surface area contributed by atoms with Crippen LogP contribution in [0.2, 0.25) is 0 Å². The highest BCUT2D eigenvalue weighted by atomic mass is 79.9. The molecule has 0 spiro atoms. The summed E-state index contributed by atoms with van der Waals surface area (Å²) >= 11 is 4.36. The van der Waals surface area contributed by atoms with E-state index < -0.39 is 17.7 Å². The molecule has 0 saturated heterocycles. The first-order valence-electron chi connectivity index (χ1n) is 5.21. The van der Waals surface area contributed by atoms with Crippen molar-refractivity contribution in [2.75, 3.05) is 0 Å². The number of hydrogen-bond donors (Lipinski definition) is 1. The average molecular weight is 334 g/mol. The number of hydrogen-bond acceptors (Lipinski definition) is 3. The summed E-state index contributed by atoms with van der Waals surface area (Å²) in [5.74, 6) is -1.52. The maximum atomic E-state index is 13.6. The van der Waals surface area contributed by atoms with Crippen LogP contribution in [0.4, 0.5) is 8.78 Å². The Morgan fingerprint density at radius 3 is 2.50 bits per heavy atom. The highest BCUT2D eigenvalue weighted by molar-refractivity contribution is 9.10. The predicted octanol–water partition coefficient (Wildman–Crippen LogP) is 3.77. The second kappa shape index (κ2) is 5.42. The normalized spacial score (nSPS) is 12.7. The van der Waals surface area contributed by atoms with Gasteiger partial charge in [0.1, 0.15) is 11.6 Å². The summed E-state index contributed by atoms with van der Waals surface area (Å²) in [4.78, 5) is 4.16. The lowest BCUT2D eigenvalue weighted by Crippen LogP contribution is -2.07. The molecule has 1 N–H and O–H groups in total. The third-order valence-electron chi connectivity index (χ3n) is 2.41. The Morgan fingerprint density at radius 2 is 2.00 bits per heavy atom. The van der Waals surface area contributed by atoms with Crippen LogP contribution in [0.25, 0.3) is 0 Å². The van der Waals surface area contributed by atoms with Crippen LogP contribution in [0.5, 0.6) is 0 Å². The number of rotatable bonds is 3. The van der Waals surface area contributed by atoms with Crippen LogP contribution in [0.15, 0.2) is 22.0 Å². The number of thiazole rings is 1. The van der Waals surface area contributed by atoms with E-state index in [0.29, 0.717) is 9.48 Å². The second-order valence-corrected chi connectivity index (χ2v) is 5.74. The smallest absolute Gasteiger partial charge is 0.133 e. The molecule has 0 saturated carbocycles. The number of aliphatic hydroxyl groups is 1. The van der Waals surface area contributed by atoms with Gasteiger partial charge in [-0.05, 0) is 19.1 Å². The van der Waals surface area contributed by atoms with Gasteiger partial charge < -0.3 is 5.11 Å². The van der Waals surface area contributed by atoms with Crippen molar-refractivity contribution in [2.24, 2.45) is 0 Å². The molecule has 0 fully saturated rings. The zero-order chi connectivity index (χ0) is 13.3. The number of aromatic nitrogens is 1. The van der Waals surface area contributed by atoms with Crippen molar-refractivity contribution < 1.29 is 13.9 Å². The van der Waals surface area contributed by atoms with Crippen LogP contribution in [0.1, 0.15) is 22.4 Å². The topological polar surface area (TPSA) is 33.1 Å². The highest BCUT2D eigenvalue weighted by Crippen LogP contribution is 2.27. The molecule has 0 aliphatic heterocycles. The van der Waals surface area contributed by atoms with E-state index >= 15 is 0 Å². The van der Waals surface area contributed by atoms with E-state index in [-0.39, 0.29) is 12.0 Å². The summed E-state index contributed by atoms with van der Waals surface area (Å²) in [5, 5.41) is 12.4. The molecule has 0 aliphatic rings. The molecular weight excluding hydrogens is 324 g/mol. The van der Waals surface area contributed by atoms with E-state index in [4.69, 9.17) is 0 Å². The molecule has 0 bridgehead atoms. The molecule has 18 heavy (non-hydrogen) atoms. The Morgan fingerprint density at radius 1 is 1.39 bits per heavy atom. The van der Waals surface area contributed by atoms with Crippen LogP contribution in [0.3, 0.4) is 0 Å². The van der Waals surface area contributed by atoms with E-state index in [9.17, 15) is 13.9 Å². The zero-order valence-electron chi connectivity index (χ0n) is 9.45. The van der Waals surface area contributed by atoms with Crippen molar-refractivity contribution in [2.45, 2.75) is 19.4 Å². The van der Waals surface area contributed by atoms with E-state index in [0.717, 1.165) is 17.8 Å². The van der Waals surface area contributed by atoms with Crippen LogP contribution in [0, 0.1) is 18.6 Å². The maximum Gasteiger partial charge on any atom is 0.133 e. The molecule has 0 amide bonds. The second-order valence-electron chi connectivity index (χ2n) is 3.89. The first-order valence-corrected chi connectivity index (χ1v) is 6.88. The molecule has 1 aromatic carbocycles. The number of halogens is 3. The summed E-state index contributed by atoms with van der Waals surface area (Å²) in [6.45, 7) is 1.83. The van der Waals surface area contributed by atoms with Gasteiger partial charge in [0, 0.05) is 22.0 Å². The average Bonchev–Trinajstić information content (AvgIpc) is 2.62. The Balaban J connectivity index is 2.26. The summed E-state index contributed by atoms with van der Waals surface area (Å²) in [6, 6.07) is 2.27. The van der Waals surface area contributed by atoms with Gasteiger partial charge in [-0.25, -0.2) is 13.8 Å². The Hall–Kier alpha value is -0.850. The van der Waals surface area contributed by atoms with Gasteiger partial charge in [-0.3, -0.25) is 0 Å². The van der Waals surface area contributed by atoms with Crippen LogP contribution < -0.4 is 0 Å². The fourth-order valence-electron chi connectivity index (χ4n) is 1.64. The van der Waals surface area contributed by atoms with Gasteiger partial charge >= 0.3 is 0 Å². The number of nitrogens with zero attached hydrogens (tertiary/aromatic N) is 1. The monoisotopic (exact) mass is 333 g/mol. The van der Waals surface area contributed by atoms with E-state index in [1.807, 2.05) is 12.3 Å². The lowest BCUT2D eigenvalue weighted by atomic mass is 10.1. The van der Waals surface area contributed by atoms with Crippen molar-refractivity contribution in [3.63, 3.8) is 0 Å². The highest BCUT2D eigenvalue weighted by Gasteiger charge is 2.20. The Bertz CT molecular complexity index is 550. The minimum atomic E-state index is -1.23. The molecule has 6 heteroatoms. The number of aliphatic hydroxyl groups excluding tert-OH is 1. The quantitative estimate of drug-likeness (QED) is 0.927. The van der Waals surface area contributed by atoms with Gasteiger partial charge in [0.05, 0.1) is 16.7 Å². The SMILES string of the molecule is Cc1csc(CC(O)c2c(F)cc(Br)cc2F)n1. The third-order valence-corrected chi connectivity index (χ3v) is 3.86. The molecule has 0 radical (unpaired) electrons. The first kappa shape index (κ1) is 13.6. The van der Waals surface area contributed by atoms with Gasteiger partial charge in [0.25, 0.3) is 0 Å². The van der Waals surface area contributed by atoms with Crippen molar-refractivity contribution in [1.82, 2.24) is 4.98 Å². The summed E-state index contributed by atoms with van der Waals surface area (Å²) in [6.07, 6.45) is -1.13. The standard InChI is InChI=1S/C12H10BrF2NOS/c1-6-5-18-11(16-6)4-10(17)12-8(14)2-7(13)3-9(12)15/h2-3,5,10,17H,4H2,1H3. The third kappa shape index (κ3) is 2.93. The predicted molar refractivity (Wildman–Crippen MR) is 69.6 cm³/mol. The van der Waals surface area contributed by atoms with Gasteiger partial charge in [0.15, 0.2) is 0 Å². The van der Waals surface area contributed by atoms with Crippen LogP contribution in [-0.4, -0.2) is 10.1 Å².